The van der Waals surface area contributed by atoms with Crippen LogP contribution in [0.4, 0.5) is 0 Å². The number of aromatic nitrogens is 1. The molecule has 3 heteroatoms. The van der Waals surface area contributed by atoms with Crippen LogP contribution in [0.3, 0.4) is 0 Å². The molecule has 1 atom stereocenters. The standard InChI is InChI=1S/C21H22N2O/c1-22-15-17-6-3-4-7-19(17)23-13-5-8-20(23)21(22)14-16-9-11-18(24-2)12-10-16/h3-13,21H,14-15H2,1-2H3. The highest BCUT2D eigenvalue weighted by molar-refractivity contribution is 5.45. The molecule has 1 aliphatic heterocycles. The third-order valence-corrected chi connectivity index (χ3v) is 4.91. The van der Waals surface area contributed by atoms with Crippen molar-refractivity contribution in [2.24, 2.45) is 0 Å². The summed E-state index contributed by atoms with van der Waals surface area (Å²) in [5, 5.41) is 0. The number of para-hydroxylation sites is 1. The third kappa shape index (κ3) is 2.61. The second-order valence-corrected chi connectivity index (χ2v) is 6.41. The largest absolute Gasteiger partial charge is 0.497 e. The van der Waals surface area contributed by atoms with E-state index in [1.165, 1.54) is 22.5 Å². The summed E-state index contributed by atoms with van der Waals surface area (Å²) in [7, 11) is 3.92. The number of hydrogen-bond acceptors (Lipinski definition) is 2. The van der Waals surface area contributed by atoms with Crippen LogP contribution >= 0.6 is 0 Å². The lowest BCUT2D eigenvalue weighted by atomic mass is 10.0. The molecule has 1 unspecified atom stereocenters. The van der Waals surface area contributed by atoms with Crippen LogP contribution < -0.4 is 4.74 Å². The Balaban J connectivity index is 1.71. The quantitative estimate of drug-likeness (QED) is 0.719. The number of fused-ring (bicyclic) bond motifs is 3. The molecule has 3 nitrogen and oxygen atoms in total. The fourth-order valence-electron chi connectivity index (χ4n) is 3.61. The predicted molar refractivity (Wildman–Crippen MR) is 96.7 cm³/mol. The molecule has 0 amide bonds. The Kier molecular flexibility index (Phi) is 3.87. The van der Waals surface area contributed by atoms with Crippen molar-refractivity contribution in [3.05, 3.63) is 83.7 Å². The van der Waals surface area contributed by atoms with E-state index in [0.717, 1.165) is 18.7 Å². The van der Waals surface area contributed by atoms with Gasteiger partial charge in [0.1, 0.15) is 5.75 Å². The molecule has 2 aromatic carbocycles. The van der Waals surface area contributed by atoms with Gasteiger partial charge >= 0.3 is 0 Å². The minimum Gasteiger partial charge on any atom is -0.497 e. The van der Waals surface area contributed by atoms with Gasteiger partial charge in [-0.2, -0.15) is 0 Å². The summed E-state index contributed by atoms with van der Waals surface area (Å²) >= 11 is 0. The van der Waals surface area contributed by atoms with Crippen molar-refractivity contribution in [1.82, 2.24) is 9.47 Å². The summed E-state index contributed by atoms with van der Waals surface area (Å²) in [5.41, 5.74) is 5.33. The fraction of sp³-hybridized carbons (Fsp3) is 0.238. The van der Waals surface area contributed by atoms with Gasteiger partial charge in [-0.15, -0.1) is 0 Å². The van der Waals surface area contributed by atoms with Crippen molar-refractivity contribution in [3.8, 4) is 11.4 Å². The Morgan fingerprint density at radius 1 is 1.00 bits per heavy atom. The average molecular weight is 318 g/mol. The van der Waals surface area contributed by atoms with Crippen molar-refractivity contribution in [3.63, 3.8) is 0 Å². The molecule has 0 saturated carbocycles. The molecule has 0 saturated heterocycles. The first-order valence-electron chi connectivity index (χ1n) is 8.35. The SMILES string of the molecule is COc1ccc(CC2c3cccn3-c3ccccc3CN2C)cc1. The van der Waals surface area contributed by atoms with E-state index in [9.17, 15) is 0 Å². The van der Waals surface area contributed by atoms with E-state index in [4.69, 9.17) is 4.74 Å². The maximum Gasteiger partial charge on any atom is 0.118 e. The Hall–Kier alpha value is -2.52. The molecule has 0 N–H and O–H groups in total. The zero-order valence-electron chi connectivity index (χ0n) is 14.1. The summed E-state index contributed by atoms with van der Waals surface area (Å²) in [6.45, 7) is 0.957. The second-order valence-electron chi connectivity index (χ2n) is 6.41. The highest BCUT2D eigenvalue weighted by Crippen LogP contribution is 2.33. The van der Waals surface area contributed by atoms with Crippen LogP contribution in [-0.4, -0.2) is 23.6 Å². The summed E-state index contributed by atoms with van der Waals surface area (Å²) in [6, 6.07) is 21.8. The van der Waals surface area contributed by atoms with E-state index < -0.39 is 0 Å². The first-order valence-corrected chi connectivity index (χ1v) is 8.35. The lowest BCUT2D eigenvalue weighted by Gasteiger charge is -2.26. The number of benzene rings is 2. The van der Waals surface area contributed by atoms with E-state index in [1.807, 2.05) is 12.1 Å². The molecule has 1 aliphatic rings. The molecule has 24 heavy (non-hydrogen) atoms. The molecule has 0 fully saturated rings. The van der Waals surface area contributed by atoms with Gasteiger partial charge in [0.05, 0.1) is 13.2 Å². The monoisotopic (exact) mass is 318 g/mol. The van der Waals surface area contributed by atoms with Crippen molar-refractivity contribution in [2.75, 3.05) is 14.2 Å². The summed E-state index contributed by atoms with van der Waals surface area (Å²) in [5.74, 6) is 0.906. The van der Waals surface area contributed by atoms with Gasteiger partial charge in [-0.3, -0.25) is 4.90 Å². The smallest absolute Gasteiger partial charge is 0.118 e. The Morgan fingerprint density at radius 2 is 1.79 bits per heavy atom. The topological polar surface area (TPSA) is 17.4 Å². The molecule has 0 aliphatic carbocycles. The first-order chi connectivity index (χ1) is 11.8. The summed E-state index contributed by atoms with van der Waals surface area (Å²) in [4.78, 5) is 2.45. The van der Waals surface area contributed by atoms with Gasteiger partial charge in [-0.25, -0.2) is 0 Å². The van der Waals surface area contributed by atoms with Crippen LogP contribution in [0.25, 0.3) is 5.69 Å². The number of methoxy groups -OCH3 is 1. The maximum atomic E-state index is 5.27. The molecule has 3 aromatic rings. The lowest BCUT2D eigenvalue weighted by Crippen LogP contribution is -2.25. The Morgan fingerprint density at radius 3 is 2.58 bits per heavy atom. The highest BCUT2D eigenvalue weighted by atomic mass is 16.5. The van der Waals surface area contributed by atoms with Crippen molar-refractivity contribution in [1.29, 1.82) is 0 Å². The summed E-state index contributed by atoms with van der Waals surface area (Å²) < 4.78 is 7.61. The molecular formula is C21H22N2O. The van der Waals surface area contributed by atoms with E-state index in [-0.39, 0.29) is 0 Å². The first kappa shape index (κ1) is 15.0. The van der Waals surface area contributed by atoms with Gasteiger partial charge in [0.2, 0.25) is 0 Å². The fourth-order valence-corrected chi connectivity index (χ4v) is 3.61. The van der Waals surface area contributed by atoms with Gasteiger partial charge in [0.25, 0.3) is 0 Å². The number of hydrogen-bond donors (Lipinski definition) is 0. The molecule has 122 valence electrons. The minimum absolute atomic E-state index is 0.348. The third-order valence-electron chi connectivity index (χ3n) is 4.91. The lowest BCUT2D eigenvalue weighted by molar-refractivity contribution is 0.234. The zero-order valence-corrected chi connectivity index (χ0v) is 14.1. The van der Waals surface area contributed by atoms with E-state index in [0.29, 0.717) is 6.04 Å². The van der Waals surface area contributed by atoms with Crippen LogP contribution in [0, 0.1) is 0 Å². The zero-order chi connectivity index (χ0) is 16.5. The molecule has 0 spiro atoms. The molecule has 1 aromatic heterocycles. The second kappa shape index (κ2) is 6.17. The average Bonchev–Trinajstić information content (AvgIpc) is 3.06. The van der Waals surface area contributed by atoms with Crippen molar-refractivity contribution in [2.45, 2.75) is 19.0 Å². The molecular weight excluding hydrogens is 296 g/mol. The molecule has 4 rings (SSSR count). The van der Waals surface area contributed by atoms with Crippen LogP contribution in [0.2, 0.25) is 0 Å². The minimum atomic E-state index is 0.348. The van der Waals surface area contributed by atoms with Gasteiger partial charge in [-0.1, -0.05) is 30.3 Å². The van der Waals surface area contributed by atoms with Crippen LogP contribution in [0.1, 0.15) is 22.9 Å². The number of likely N-dealkylation sites (N-methyl/N-ethyl adjacent to an activating group) is 1. The van der Waals surface area contributed by atoms with Crippen LogP contribution in [0.5, 0.6) is 5.75 Å². The van der Waals surface area contributed by atoms with Crippen molar-refractivity contribution < 1.29 is 4.74 Å². The van der Waals surface area contributed by atoms with E-state index in [1.54, 1.807) is 7.11 Å². The molecule has 0 radical (unpaired) electrons. The highest BCUT2D eigenvalue weighted by Gasteiger charge is 2.25. The number of nitrogens with zero attached hydrogens (tertiary/aromatic N) is 2. The Labute approximate surface area is 143 Å². The van der Waals surface area contributed by atoms with E-state index in [2.05, 4.69) is 71.2 Å². The van der Waals surface area contributed by atoms with Gasteiger partial charge in [0, 0.05) is 24.1 Å². The van der Waals surface area contributed by atoms with Crippen LogP contribution in [0.15, 0.2) is 66.9 Å². The predicted octanol–water partition coefficient (Wildman–Crippen LogP) is 4.22. The normalized spacial score (nSPS) is 17.0. The van der Waals surface area contributed by atoms with Gasteiger partial charge < -0.3 is 9.30 Å². The van der Waals surface area contributed by atoms with Crippen molar-refractivity contribution >= 4 is 0 Å². The number of rotatable bonds is 3. The molecule has 2 heterocycles. The van der Waals surface area contributed by atoms with Crippen LogP contribution in [-0.2, 0) is 13.0 Å². The van der Waals surface area contributed by atoms with E-state index >= 15 is 0 Å². The maximum absolute atomic E-state index is 5.27. The van der Waals surface area contributed by atoms with Gasteiger partial charge in [-0.05, 0) is 54.9 Å². The summed E-state index contributed by atoms with van der Waals surface area (Å²) in [6.07, 6.45) is 3.16. The van der Waals surface area contributed by atoms with Gasteiger partial charge in [0.15, 0.2) is 0 Å². The number of ether oxygens (including phenoxy) is 1. The Bertz CT molecular complexity index is 835. The molecule has 0 bridgehead atoms.